The van der Waals surface area contributed by atoms with E-state index >= 15 is 0 Å². The number of nitrogens with one attached hydrogen (secondary N) is 1. The van der Waals surface area contributed by atoms with Crippen molar-refractivity contribution in [3.05, 3.63) is 203 Å². The van der Waals surface area contributed by atoms with Gasteiger partial charge in [-0.25, -0.2) is 0 Å². The summed E-state index contributed by atoms with van der Waals surface area (Å²) in [7, 11) is 0. The molecule has 0 saturated heterocycles. The fraction of sp³-hybridized carbons (Fsp3) is 0.190. The summed E-state index contributed by atoms with van der Waals surface area (Å²) in [6, 6.07) is 48.7. The molecule has 4 aliphatic rings. The molecule has 60 heavy (non-hydrogen) atoms. The maximum atomic E-state index is 9.39. The topological polar surface area (TPSA) is 49.9 Å². The quantitative estimate of drug-likeness (QED) is 0.0946. The molecule has 0 atom stereocenters. The van der Waals surface area contributed by atoms with Crippen molar-refractivity contribution in [1.29, 1.82) is 5.41 Å². The minimum absolute atomic E-state index is 0.0665. The highest BCUT2D eigenvalue weighted by Crippen LogP contribution is 2.59. The van der Waals surface area contributed by atoms with Crippen LogP contribution in [0.5, 0.6) is 0 Å². The molecule has 2 saturated carbocycles. The summed E-state index contributed by atoms with van der Waals surface area (Å²) in [4.78, 5) is 0. The van der Waals surface area contributed by atoms with Crippen LogP contribution < -0.4 is 5.73 Å². The molecule has 2 nitrogen and oxygen atoms in total. The molecule has 2 fully saturated rings. The Bertz CT molecular complexity index is 3050. The van der Waals surface area contributed by atoms with Gasteiger partial charge in [0.2, 0.25) is 0 Å². The first-order valence-electron chi connectivity index (χ1n) is 21.9. The SMILES string of the molecule is C=C(/C=C\C(=N)c1ccc2c(-c3ccc4c(c3)C3(CCCC3)c3ccccc3-4)c3ccccc3c(-c3ccc4c(c3)C3(CCCC3)c3ccccc3-4)c2c1)C(/C=C\N)=C/C. The molecular formula is C58H50N2. The van der Waals surface area contributed by atoms with E-state index in [0.717, 1.165) is 16.7 Å². The Balaban J connectivity index is 1.15. The third-order valence-corrected chi connectivity index (χ3v) is 14.8. The maximum Gasteiger partial charge on any atom is 0.0612 e. The minimum Gasteiger partial charge on any atom is -0.405 e. The van der Waals surface area contributed by atoms with E-state index in [4.69, 9.17) is 5.73 Å². The second-order valence-electron chi connectivity index (χ2n) is 17.6. The van der Waals surface area contributed by atoms with Crippen LogP contribution in [0.2, 0.25) is 0 Å². The number of benzene rings is 7. The lowest BCUT2D eigenvalue weighted by Gasteiger charge is -2.28. The van der Waals surface area contributed by atoms with E-state index in [9.17, 15) is 5.41 Å². The molecule has 4 aliphatic carbocycles. The highest BCUT2D eigenvalue weighted by atomic mass is 14.5. The number of hydrogen-bond acceptors (Lipinski definition) is 2. The van der Waals surface area contributed by atoms with Crippen LogP contribution in [0.15, 0.2) is 176 Å². The predicted octanol–water partition coefficient (Wildman–Crippen LogP) is 14.9. The van der Waals surface area contributed by atoms with E-state index in [1.165, 1.54) is 146 Å². The van der Waals surface area contributed by atoms with Crippen molar-refractivity contribution < 1.29 is 0 Å². The van der Waals surface area contributed by atoms with Gasteiger partial charge in [-0.3, -0.25) is 0 Å². The second kappa shape index (κ2) is 14.1. The van der Waals surface area contributed by atoms with Crippen LogP contribution in [0.25, 0.3) is 66.1 Å². The predicted molar refractivity (Wildman–Crippen MR) is 254 cm³/mol. The van der Waals surface area contributed by atoms with Crippen molar-refractivity contribution in [1.82, 2.24) is 0 Å². The molecule has 7 aromatic rings. The first-order valence-corrected chi connectivity index (χ1v) is 21.9. The number of fused-ring (bicyclic) bond motifs is 12. The van der Waals surface area contributed by atoms with Crippen molar-refractivity contribution in [2.24, 2.45) is 5.73 Å². The van der Waals surface area contributed by atoms with Crippen molar-refractivity contribution in [3.8, 4) is 44.5 Å². The summed E-state index contributed by atoms with van der Waals surface area (Å²) in [5.41, 5.74) is 25.6. The van der Waals surface area contributed by atoms with Crippen molar-refractivity contribution in [3.63, 3.8) is 0 Å². The molecule has 2 spiro atoms. The van der Waals surface area contributed by atoms with E-state index in [2.05, 4.69) is 134 Å². The molecule has 7 aromatic carbocycles. The van der Waals surface area contributed by atoms with Crippen LogP contribution in [0, 0.1) is 5.41 Å². The number of nitrogens with two attached hydrogens (primary N) is 1. The molecule has 11 rings (SSSR count). The van der Waals surface area contributed by atoms with Gasteiger partial charge in [0, 0.05) is 16.4 Å². The fourth-order valence-corrected chi connectivity index (χ4v) is 12.1. The van der Waals surface area contributed by atoms with Crippen molar-refractivity contribution in [2.75, 3.05) is 0 Å². The summed E-state index contributed by atoms with van der Waals surface area (Å²) in [5, 5.41) is 14.3. The van der Waals surface area contributed by atoms with Gasteiger partial charge in [-0.1, -0.05) is 154 Å². The van der Waals surface area contributed by atoms with E-state index in [1.807, 2.05) is 31.2 Å². The highest BCUT2D eigenvalue weighted by molar-refractivity contribution is 6.23. The smallest absolute Gasteiger partial charge is 0.0612 e. The number of allylic oxidation sites excluding steroid dienone is 6. The van der Waals surface area contributed by atoms with E-state index in [-0.39, 0.29) is 10.8 Å². The molecule has 2 heteroatoms. The van der Waals surface area contributed by atoms with Crippen LogP contribution in [-0.2, 0) is 10.8 Å². The zero-order valence-corrected chi connectivity index (χ0v) is 34.5. The van der Waals surface area contributed by atoms with E-state index < -0.39 is 0 Å². The Morgan fingerprint density at radius 1 is 0.533 bits per heavy atom. The fourth-order valence-electron chi connectivity index (χ4n) is 12.1. The molecule has 3 N–H and O–H groups in total. The van der Waals surface area contributed by atoms with E-state index in [0.29, 0.717) is 5.71 Å². The van der Waals surface area contributed by atoms with Crippen LogP contribution >= 0.6 is 0 Å². The highest BCUT2D eigenvalue weighted by Gasteiger charge is 2.46. The van der Waals surface area contributed by atoms with Gasteiger partial charge in [-0.05, 0) is 169 Å². The first-order chi connectivity index (χ1) is 29.5. The molecule has 0 aliphatic heterocycles. The molecular weight excluding hydrogens is 725 g/mol. The third-order valence-electron chi connectivity index (χ3n) is 14.8. The second-order valence-corrected chi connectivity index (χ2v) is 17.6. The van der Waals surface area contributed by atoms with Gasteiger partial charge in [-0.15, -0.1) is 0 Å². The van der Waals surface area contributed by atoms with Crippen LogP contribution in [0.3, 0.4) is 0 Å². The van der Waals surface area contributed by atoms with Gasteiger partial charge in [0.05, 0.1) is 5.71 Å². The number of rotatable bonds is 7. The van der Waals surface area contributed by atoms with Gasteiger partial charge in [0.15, 0.2) is 0 Å². The van der Waals surface area contributed by atoms with Crippen LogP contribution in [0.4, 0.5) is 0 Å². The zero-order valence-electron chi connectivity index (χ0n) is 34.5. The Labute approximate surface area is 354 Å². The summed E-state index contributed by atoms with van der Waals surface area (Å²) in [6.45, 7) is 6.25. The molecule has 0 radical (unpaired) electrons. The molecule has 0 aromatic heterocycles. The van der Waals surface area contributed by atoms with Gasteiger partial charge in [-0.2, -0.15) is 0 Å². The molecule has 0 heterocycles. The Morgan fingerprint density at radius 3 is 1.55 bits per heavy atom. The summed E-state index contributed by atoms with van der Waals surface area (Å²) in [6.07, 6.45) is 19.0. The van der Waals surface area contributed by atoms with Crippen molar-refractivity contribution in [2.45, 2.75) is 69.1 Å². The Morgan fingerprint density at radius 2 is 1.02 bits per heavy atom. The summed E-state index contributed by atoms with van der Waals surface area (Å²) < 4.78 is 0. The van der Waals surface area contributed by atoms with Crippen LogP contribution in [-0.4, -0.2) is 5.71 Å². The molecule has 0 unspecified atom stereocenters. The summed E-state index contributed by atoms with van der Waals surface area (Å²) in [5.74, 6) is 0. The zero-order chi connectivity index (χ0) is 40.6. The average Bonchev–Trinajstić information content (AvgIpc) is 4.10. The lowest BCUT2D eigenvalue weighted by Crippen LogP contribution is -2.20. The Kier molecular flexibility index (Phi) is 8.57. The largest absolute Gasteiger partial charge is 0.405 e. The average molecular weight is 775 g/mol. The lowest BCUT2D eigenvalue weighted by atomic mass is 9.75. The van der Waals surface area contributed by atoms with Crippen LogP contribution in [0.1, 0.15) is 86.1 Å². The standard InChI is InChI=1S/C58H50N2/c1-3-38(28-33-59)37(2)20-27-54(60)39-21-26-48-49(34-39)56(41-23-25-45-43-15-7-9-19-51(43)58(53(45)36-41)31-12-13-32-58)47-17-5-4-16-46(47)55(48)40-22-24-44-42-14-6-8-18-50(42)57(52(44)35-40)29-10-11-30-57/h3-9,14-28,33-36,60H,2,10-13,29-32,59H2,1H3/b27-20-,33-28-,38-3+,60-54?. The summed E-state index contributed by atoms with van der Waals surface area (Å²) >= 11 is 0. The normalized spacial score (nSPS) is 17.0. The monoisotopic (exact) mass is 774 g/mol. The minimum atomic E-state index is 0.0665. The Hall–Kier alpha value is -6.51. The van der Waals surface area contributed by atoms with Gasteiger partial charge < -0.3 is 11.1 Å². The molecule has 0 amide bonds. The first kappa shape index (κ1) is 36.6. The molecule has 0 bridgehead atoms. The van der Waals surface area contributed by atoms with Gasteiger partial charge >= 0.3 is 0 Å². The third kappa shape index (κ3) is 5.29. The molecule has 292 valence electrons. The van der Waals surface area contributed by atoms with E-state index in [1.54, 1.807) is 0 Å². The van der Waals surface area contributed by atoms with Crippen molar-refractivity contribution >= 4 is 27.3 Å². The van der Waals surface area contributed by atoms with Gasteiger partial charge in [0.25, 0.3) is 0 Å². The van der Waals surface area contributed by atoms with Gasteiger partial charge in [0.1, 0.15) is 0 Å². The maximum absolute atomic E-state index is 9.39. The lowest BCUT2D eigenvalue weighted by molar-refractivity contribution is 0.550. The number of hydrogen-bond donors (Lipinski definition) is 2.